The number of ether oxygens (including phenoxy) is 1. The first-order chi connectivity index (χ1) is 7.87. The zero-order valence-corrected chi connectivity index (χ0v) is 11.6. The van der Waals surface area contributed by atoms with Crippen LogP contribution < -0.4 is 5.32 Å². The first-order valence-electron chi connectivity index (χ1n) is 6.05. The Labute approximate surface area is 104 Å². The third-order valence-electron chi connectivity index (χ3n) is 3.16. The van der Waals surface area contributed by atoms with Crippen molar-refractivity contribution in [1.82, 2.24) is 10.2 Å². The van der Waals surface area contributed by atoms with Crippen LogP contribution in [0.1, 0.15) is 27.2 Å². The molecule has 0 bridgehead atoms. The second-order valence-corrected chi connectivity index (χ2v) is 4.70. The Hall–Kier alpha value is -0.650. The maximum Gasteiger partial charge on any atom is 0.323 e. The third kappa shape index (κ3) is 5.48. The summed E-state index contributed by atoms with van der Waals surface area (Å²) in [7, 11) is 3.66. The maximum absolute atomic E-state index is 11.2. The van der Waals surface area contributed by atoms with Crippen LogP contribution in [-0.2, 0) is 9.53 Å². The molecule has 0 aliphatic rings. The van der Waals surface area contributed by atoms with Gasteiger partial charge >= 0.3 is 5.97 Å². The Bertz CT molecular complexity index is 236. The van der Waals surface area contributed by atoms with Gasteiger partial charge < -0.3 is 20.1 Å². The van der Waals surface area contributed by atoms with Gasteiger partial charge in [-0.15, -0.1) is 0 Å². The van der Waals surface area contributed by atoms with Crippen molar-refractivity contribution in [1.29, 1.82) is 0 Å². The second kappa shape index (κ2) is 7.63. The van der Waals surface area contributed by atoms with E-state index in [1.54, 1.807) is 14.0 Å². The number of nitrogens with one attached hydrogen (secondary N) is 1. The molecule has 0 saturated heterocycles. The number of carboxylic acid groups (broad SMARTS) is 1. The molecule has 0 fully saturated rings. The van der Waals surface area contributed by atoms with Crippen LogP contribution in [0.2, 0.25) is 0 Å². The van der Waals surface area contributed by atoms with Crippen LogP contribution >= 0.6 is 0 Å². The van der Waals surface area contributed by atoms with Crippen molar-refractivity contribution in [2.24, 2.45) is 0 Å². The lowest BCUT2D eigenvalue weighted by Gasteiger charge is -2.30. The molecule has 2 atom stereocenters. The molecule has 5 nitrogen and oxygen atoms in total. The fourth-order valence-electron chi connectivity index (χ4n) is 1.65. The van der Waals surface area contributed by atoms with E-state index in [0.29, 0.717) is 25.6 Å². The summed E-state index contributed by atoms with van der Waals surface area (Å²) in [6, 6.07) is 0.291. The SMILES string of the molecule is CCNC(C)(CCN(C)C(C)COC)C(=O)O. The average Bonchev–Trinajstić information content (AvgIpc) is 2.26. The lowest BCUT2D eigenvalue weighted by Crippen LogP contribution is -2.51. The minimum absolute atomic E-state index is 0.291. The number of carboxylic acids is 1. The highest BCUT2D eigenvalue weighted by atomic mass is 16.5. The van der Waals surface area contributed by atoms with Crippen LogP contribution in [0.5, 0.6) is 0 Å². The Morgan fingerprint density at radius 3 is 2.59 bits per heavy atom. The second-order valence-electron chi connectivity index (χ2n) is 4.70. The van der Waals surface area contributed by atoms with Crippen molar-refractivity contribution in [3.05, 3.63) is 0 Å². The highest BCUT2D eigenvalue weighted by Gasteiger charge is 2.32. The van der Waals surface area contributed by atoms with Gasteiger partial charge in [0.2, 0.25) is 0 Å². The minimum atomic E-state index is -0.851. The van der Waals surface area contributed by atoms with Crippen LogP contribution in [-0.4, -0.2) is 61.4 Å². The van der Waals surface area contributed by atoms with E-state index in [1.165, 1.54) is 0 Å². The molecular formula is C12H26N2O3. The van der Waals surface area contributed by atoms with Crippen molar-refractivity contribution in [2.45, 2.75) is 38.8 Å². The fourth-order valence-corrected chi connectivity index (χ4v) is 1.65. The zero-order valence-electron chi connectivity index (χ0n) is 11.6. The number of methoxy groups -OCH3 is 1. The molecule has 2 unspecified atom stereocenters. The summed E-state index contributed by atoms with van der Waals surface area (Å²) in [5.74, 6) is -0.799. The molecule has 0 aliphatic heterocycles. The third-order valence-corrected chi connectivity index (χ3v) is 3.16. The zero-order chi connectivity index (χ0) is 13.5. The standard InChI is InChI=1S/C12H26N2O3/c1-6-13-12(3,11(15)16)7-8-14(4)10(2)9-17-5/h10,13H,6-9H2,1-5H3,(H,15,16). The summed E-state index contributed by atoms with van der Waals surface area (Å²) >= 11 is 0. The topological polar surface area (TPSA) is 61.8 Å². The van der Waals surface area contributed by atoms with Crippen LogP contribution in [0.25, 0.3) is 0 Å². The molecule has 0 spiro atoms. The molecular weight excluding hydrogens is 220 g/mol. The van der Waals surface area contributed by atoms with E-state index < -0.39 is 11.5 Å². The van der Waals surface area contributed by atoms with E-state index in [4.69, 9.17) is 4.74 Å². The highest BCUT2D eigenvalue weighted by molar-refractivity contribution is 5.78. The van der Waals surface area contributed by atoms with Crippen molar-refractivity contribution in [2.75, 3.05) is 33.9 Å². The first-order valence-corrected chi connectivity index (χ1v) is 6.05. The molecule has 0 aromatic rings. The summed E-state index contributed by atoms with van der Waals surface area (Å²) in [4.78, 5) is 13.3. The first kappa shape index (κ1) is 16.4. The van der Waals surface area contributed by atoms with E-state index in [2.05, 4.69) is 17.1 Å². The molecule has 0 aliphatic carbocycles. The molecule has 0 saturated carbocycles. The quantitative estimate of drug-likeness (QED) is 0.630. The summed E-state index contributed by atoms with van der Waals surface area (Å²) in [5, 5.41) is 12.2. The van der Waals surface area contributed by atoms with E-state index in [0.717, 1.165) is 6.54 Å². The van der Waals surface area contributed by atoms with Gasteiger partial charge in [0.05, 0.1) is 6.61 Å². The summed E-state index contributed by atoms with van der Waals surface area (Å²) in [6.07, 6.45) is 0.570. The van der Waals surface area contributed by atoms with Gasteiger partial charge in [0.25, 0.3) is 0 Å². The van der Waals surface area contributed by atoms with Gasteiger partial charge in [-0.3, -0.25) is 4.79 Å². The van der Waals surface area contributed by atoms with Crippen molar-refractivity contribution >= 4 is 5.97 Å². The Balaban J connectivity index is 4.26. The van der Waals surface area contributed by atoms with Gasteiger partial charge in [0, 0.05) is 19.7 Å². The van der Waals surface area contributed by atoms with E-state index in [9.17, 15) is 9.90 Å². The van der Waals surface area contributed by atoms with Gasteiger partial charge in [0.15, 0.2) is 0 Å². The number of aliphatic carboxylic acids is 1. The van der Waals surface area contributed by atoms with Crippen LogP contribution in [0.15, 0.2) is 0 Å². The smallest absolute Gasteiger partial charge is 0.323 e. The normalized spacial score (nSPS) is 16.8. The molecule has 2 N–H and O–H groups in total. The van der Waals surface area contributed by atoms with Gasteiger partial charge in [-0.25, -0.2) is 0 Å². The Morgan fingerprint density at radius 2 is 2.18 bits per heavy atom. The van der Waals surface area contributed by atoms with E-state index in [1.807, 2.05) is 14.0 Å². The van der Waals surface area contributed by atoms with Crippen molar-refractivity contribution in [3.8, 4) is 0 Å². The minimum Gasteiger partial charge on any atom is -0.480 e. The van der Waals surface area contributed by atoms with Crippen molar-refractivity contribution < 1.29 is 14.6 Å². The van der Waals surface area contributed by atoms with Crippen LogP contribution in [0.4, 0.5) is 0 Å². The summed E-state index contributed by atoms with van der Waals surface area (Å²) in [6.45, 7) is 7.74. The highest BCUT2D eigenvalue weighted by Crippen LogP contribution is 2.11. The summed E-state index contributed by atoms with van der Waals surface area (Å²) < 4.78 is 5.08. The van der Waals surface area contributed by atoms with Gasteiger partial charge in [-0.1, -0.05) is 6.92 Å². The lowest BCUT2D eigenvalue weighted by molar-refractivity contribution is -0.144. The number of rotatable bonds is 9. The maximum atomic E-state index is 11.2. The van der Waals surface area contributed by atoms with E-state index >= 15 is 0 Å². The van der Waals surface area contributed by atoms with Gasteiger partial charge in [-0.2, -0.15) is 0 Å². The monoisotopic (exact) mass is 246 g/mol. The number of carbonyl (C=O) groups is 1. The van der Waals surface area contributed by atoms with Crippen LogP contribution in [0, 0.1) is 0 Å². The Kier molecular flexibility index (Phi) is 7.34. The fraction of sp³-hybridized carbons (Fsp3) is 0.917. The molecule has 0 aromatic carbocycles. The molecule has 5 heteroatoms. The van der Waals surface area contributed by atoms with Gasteiger partial charge in [-0.05, 0) is 33.9 Å². The number of hydrogen-bond donors (Lipinski definition) is 2. The summed E-state index contributed by atoms with van der Waals surface area (Å²) in [5.41, 5.74) is -0.851. The van der Waals surface area contributed by atoms with Gasteiger partial charge in [0.1, 0.15) is 5.54 Å². The molecule has 0 aromatic heterocycles. The molecule has 0 amide bonds. The number of likely N-dealkylation sites (N-methyl/N-ethyl adjacent to an activating group) is 2. The van der Waals surface area contributed by atoms with E-state index in [-0.39, 0.29) is 0 Å². The molecule has 17 heavy (non-hydrogen) atoms. The van der Waals surface area contributed by atoms with Crippen LogP contribution in [0.3, 0.4) is 0 Å². The molecule has 0 rings (SSSR count). The number of nitrogens with zero attached hydrogens (tertiary/aromatic N) is 1. The number of hydrogen-bond acceptors (Lipinski definition) is 4. The Morgan fingerprint density at radius 1 is 1.59 bits per heavy atom. The molecule has 0 radical (unpaired) electrons. The predicted octanol–water partition coefficient (Wildman–Crippen LogP) is 0.796. The van der Waals surface area contributed by atoms with Crippen molar-refractivity contribution in [3.63, 3.8) is 0 Å². The molecule has 0 heterocycles. The lowest BCUT2D eigenvalue weighted by atomic mass is 9.97. The largest absolute Gasteiger partial charge is 0.480 e. The molecule has 102 valence electrons. The average molecular weight is 246 g/mol. The predicted molar refractivity (Wildman–Crippen MR) is 68.3 cm³/mol.